The highest BCUT2D eigenvalue weighted by molar-refractivity contribution is 6.04. The van der Waals surface area contributed by atoms with E-state index in [-0.39, 0.29) is 5.78 Å². The number of likely N-dealkylation sites (N-methyl/N-ethyl adjacent to an activating group) is 1. The summed E-state index contributed by atoms with van der Waals surface area (Å²) in [4.78, 5) is 27.4. The Morgan fingerprint density at radius 1 is 1.12 bits per heavy atom. The number of imidazole rings is 1. The molecule has 3 aromatic rings. The number of aryl methyl sites for hydroxylation is 2. The molecular weight excluding hydrogens is 398 g/mol. The van der Waals surface area contributed by atoms with Crippen LogP contribution in [0.3, 0.4) is 0 Å². The van der Waals surface area contributed by atoms with Crippen molar-refractivity contribution in [3.05, 3.63) is 58.8 Å². The van der Waals surface area contributed by atoms with Gasteiger partial charge in [-0.25, -0.2) is 4.98 Å². The molecule has 2 aromatic heterocycles. The first kappa shape index (κ1) is 20.9. The lowest BCUT2D eigenvalue weighted by atomic mass is 10.0. The summed E-state index contributed by atoms with van der Waals surface area (Å²) < 4.78 is 2.07. The van der Waals surface area contributed by atoms with Gasteiger partial charge in [-0.2, -0.15) is 0 Å². The highest BCUT2D eigenvalue weighted by Gasteiger charge is 2.24. The third kappa shape index (κ3) is 3.73. The standard InChI is InChI=1S/C26H31N5O/c1-5-23-26-28-24(16-31(26)14-17(2)27-23)20-7-9-25(32)22-13-21(8-6-19(22)12-20)30-11-10-29(4)18(3)15-30/h6,8,12-14,16,18H,5,7,9-11,15H2,1-4H3/t18-/m0/s1. The summed E-state index contributed by atoms with van der Waals surface area (Å²) in [6.07, 6.45) is 8.30. The SMILES string of the molecule is CCc1nc(C)cn2cc(C3=Cc4ccc(N5CCN(C)[C@@H](C)C5)cc4C(=O)CC3)nc12. The third-order valence-electron chi connectivity index (χ3n) is 6.90. The summed E-state index contributed by atoms with van der Waals surface area (Å²) in [7, 11) is 2.18. The number of rotatable bonds is 3. The number of carbonyl (C=O) groups excluding carboxylic acids is 1. The Morgan fingerprint density at radius 3 is 2.75 bits per heavy atom. The smallest absolute Gasteiger partial charge is 0.163 e. The largest absolute Gasteiger partial charge is 0.369 e. The maximum absolute atomic E-state index is 13.1. The third-order valence-corrected chi connectivity index (χ3v) is 6.90. The van der Waals surface area contributed by atoms with Crippen molar-refractivity contribution in [2.75, 3.05) is 31.6 Å². The van der Waals surface area contributed by atoms with Gasteiger partial charge in [0.1, 0.15) is 0 Å². The highest BCUT2D eigenvalue weighted by atomic mass is 16.1. The number of benzene rings is 1. The molecule has 1 fully saturated rings. The van der Waals surface area contributed by atoms with Crippen LogP contribution in [-0.4, -0.2) is 57.8 Å². The average molecular weight is 430 g/mol. The van der Waals surface area contributed by atoms with Crippen molar-refractivity contribution in [2.24, 2.45) is 0 Å². The Balaban J connectivity index is 1.51. The van der Waals surface area contributed by atoms with Crippen LogP contribution < -0.4 is 4.90 Å². The number of ketones is 1. The highest BCUT2D eigenvalue weighted by Crippen LogP contribution is 2.32. The lowest BCUT2D eigenvalue weighted by Crippen LogP contribution is -2.50. The van der Waals surface area contributed by atoms with Crippen LogP contribution >= 0.6 is 0 Å². The molecule has 6 nitrogen and oxygen atoms in total. The van der Waals surface area contributed by atoms with Gasteiger partial charge in [-0.3, -0.25) is 9.78 Å². The Bertz CT molecular complexity index is 1220. The molecule has 32 heavy (non-hydrogen) atoms. The Hall–Kier alpha value is -2.99. The zero-order chi connectivity index (χ0) is 22.4. The van der Waals surface area contributed by atoms with Crippen molar-refractivity contribution in [1.82, 2.24) is 19.3 Å². The second kappa shape index (κ2) is 8.17. The van der Waals surface area contributed by atoms with E-state index in [1.165, 1.54) is 0 Å². The van der Waals surface area contributed by atoms with Crippen LogP contribution in [0, 0.1) is 6.92 Å². The number of Topliss-reactive ketones (excluding diaryl/α,β-unsaturated/α-hetero) is 1. The molecular formula is C26H31N5O. The molecule has 3 heterocycles. The molecule has 0 unspecified atom stereocenters. The fourth-order valence-electron chi connectivity index (χ4n) is 4.83. The second-order valence-corrected chi connectivity index (χ2v) is 9.18. The molecule has 1 atom stereocenters. The Morgan fingerprint density at radius 2 is 1.97 bits per heavy atom. The summed E-state index contributed by atoms with van der Waals surface area (Å²) in [5.41, 5.74) is 7.92. The van der Waals surface area contributed by atoms with Crippen LogP contribution in [0.4, 0.5) is 5.69 Å². The first-order valence-corrected chi connectivity index (χ1v) is 11.6. The molecule has 1 aliphatic carbocycles. The first-order chi connectivity index (χ1) is 15.4. The van der Waals surface area contributed by atoms with Gasteiger partial charge in [0.05, 0.1) is 17.1 Å². The normalized spacial score (nSPS) is 19.8. The molecule has 1 saturated heterocycles. The van der Waals surface area contributed by atoms with E-state index in [4.69, 9.17) is 4.98 Å². The molecule has 0 bridgehead atoms. The van der Waals surface area contributed by atoms with E-state index in [1.54, 1.807) is 0 Å². The maximum Gasteiger partial charge on any atom is 0.163 e. The Kier molecular flexibility index (Phi) is 5.33. The number of aromatic nitrogens is 3. The molecule has 1 aliphatic heterocycles. The number of nitrogens with zero attached hydrogens (tertiary/aromatic N) is 5. The van der Waals surface area contributed by atoms with Crippen LogP contribution in [0.15, 0.2) is 30.6 Å². The molecule has 6 heteroatoms. The lowest BCUT2D eigenvalue weighted by molar-refractivity contribution is 0.0984. The van der Waals surface area contributed by atoms with Crippen LogP contribution in [0.5, 0.6) is 0 Å². The van der Waals surface area contributed by atoms with E-state index < -0.39 is 0 Å². The molecule has 0 N–H and O–H groups in total. The number of fused-ring (bicyclic) bond motifs is 2. The molecule has 0 amide bonds. The Labute approximate surface area is 189 Å². The zero-order valence-electron chi connectivity index (χ0n) is 19.4. The fraction of sp³-hybridized carbons (Fsp3) is 0.423. The van der Waals surface area contributed by atoms with Gasteiger partial charge in [-0.15, -0.1) is 0 Å². The summed E-state index contributed by atoms with van der Waals surface area (Å²) in [6.45, 7) is 9.39. The van der Waals surface area contributed by atoms with Gasteiger partial charge in [0.25, 0.3) is 0 Å². The van der Waals surface area contributed by atoms with Crippen molar-refractivity contribution < 1.29 is 4.79 Å². The zero-order valence-corrected chi connectivity index (χ0v) is 19.4. The van der Waals surface area contributed by atoms with Gasteiger partial charge >= 0.3 is 0 Å². The predicted octanol–water partition coefficient (Wildman–Crippen LogP) is 4.26. The number of allylic oxidation sites excluding steroid dienone is 1. The van der Waals surface area contributed by atoms with Crippen molar-refractivity contribution in [3.8, 4) is 0 Å². The van der Waals surface area contributed by atoms with E-state index in [0.29, 0.717) is 18.9 Å². The fourth-order valence-corrected chi connectivity index (χ4v) is 4.83. The molecule has 1 aromatic carbocycles. The van der Waals surface area contributed by atoms with Crippen molar-refractivity contribution in [1.29, 1.82) is 0 Å². The number of hydrogen-bond acceptors (Lipinski definition) is 5. The van der Waals surface area contributed by atoms with E-state index in [1.807, 2.05) is 13.1 Å². The van der Waals surface area contributed by atoms with Gasteiger partial charge in [-0.1, -0.05) is 13.0 Å². The van der Waals surface area contributed by atoms with Gasteiger partial charge in [-0.05, 0) is 63.1 Å². The second-order valence-electron chi connectivity index (χ2n) is 9.18. The van der Waals surface area contributed by atoms with Gasteiger partial charge < -0.3 is 14.2 Å². The first-order valence-electron chi connectivity index (χ1n) is 11.6. The quantitative estimate of drug-likeness (QED) is 0.623. The van der Waals surface area contributed by atoms with E-state index in [2.05, 4.69) is 70.6 Å². The minimum absolute atomic E-state index is 0.214. The average Bonchev–Trinajstić information content (AvgIpc) is 3.13. The minimum atomic E-state index is 0.214. The number of piperazine rings is 1. The van der Waals surface area contributed by atoms with Crippen LogP contribution in [0.1, 0.15) is 59.7 Å². The summed E-state index contributed by atoms with van der Waals surface area (Å²) in [6, 6.07) is 6.87. The molecule has 2 aliphatic rings. The van der Waals surface area contributed by atoms with E-state index in [0.717, 1.165) is 71.2 Å². The van der Waals surface area contributed by atoms with Crippen LogP contribution in [0.2, 0.25) is 0 Å². The molecule has 5 rings (SSSR count). The summed E-state index contributed by atoms with van der Waals surface area (Å²) >= 11 is 0. The monoisotopic (exact) mass is 429 g/mol. The molecule has 166 valence electrons. The maximum atomic E-state index is 13.1. The van der Waals surface area contributed by atoms with Crippen LogP contribution in [0.25, 0.3) is 17.3 Å². The summed E-state index contributed by atoms with van der Waals surface area (Å²) in [5.74, 6) is 0.214. The van der Waals surface area contributed by atoms with Crippen molar-refractivity contribution >= 4 is 28.8 Å². The predicted molar refractivity (Wildman–Crippen MR) is 129 cm³/mol. The molecule has 0 spiro atoms. The molecule has 0 radical (unpaired) electrons. The van der Waals surface area contributed by atoms with Crippen LogP contribution in [-0.2, 0) is 6.42 Å². The van der Waals surface area contributed by atoms with Gasteiger partial charge in [0, 0.05) is 55.7 Å². The van der Waals surface area contributed by atoms with Crippen molar-refractivity contribution in [3.63, 3.8) is 0 Å². The van der Waals surface area contributed by atoms with Gasteiger partial charge in [0.15, 0.2) is 11.4 Å². The minimum Gasteiger partial charge on any atom is -0.369 e. The number of carbonyl (C=O) groups is 1. The van der Waals surface area contributed by atoms with Gasteiger partial charge in [0.2, 0.25) is 0 Å². The van der Waals surface area contributed by atoms with E-state index in [9.17, 15) is 4.79 Å². The van der Waals surface area contributed by atoms with Crippen molar-refractivity contribution in [2.45, 2.75) is 46.1 Å². The topological polar surface area (TPSA) is 53.7 Å². The lowest BCUT2D eigenvalue weighted by Gasteiger charge is -2.39. The van der Waals surface area contributed by atoms with E-state index >= 15 is 0 Å². The summed E-state index contributed by atoms with van der Waals surface area (Å²) in [5, 5.41) is 0. The number of hydrogen-bond donors (Lipinski definition) is 0. The number of anilines is 1. The molecule has 0 saturated carbocycles.